The van der Waals surface area contributed by atoms with Crippen LogP contribution in [-0.2, 0) is 8.99 Å². The molecule has 0 fully saturated rings. The van der Waals surface area contributed by atoms with Crippen molar-refractivity contribution in [2.75, 3.05) is 0 Å². The molecule has 0 unspecified atom stereocenters. The zero-order valence-corrected chi connectivity index (χ0v) is 24.4. The second kappa shape index (κ2) is 10.0. The fraction of sp³-hybridized carbons (Fsp3) is 0.200. The van der Waals surface area contributed by atoms with Crippen LogP contribution in [0.5, 0.6) is 23.0 Å². The van der Waals surface area contributed by atoms with Gasteiger partial charge in [-0.2, -0.15) is 0 Å². The first-order valence-electron chi connectivity index (χ1n) is 12.0. The zero-order chi connectivity index (χ0) is 27.2. The lowest BCUT2D eigenvalue weighted by atomic mass is 10.1. The molecular weight excluding hydrogens is 620 g/mol. The third-order valence-electron chi connectivity index (χ3n) is 6.31. The van der Waals surface area contributed by atoms with E-state index >= 15 is 4.57 Å². The minimum atomic E-state index is -3.87. The monoisotopic (exact) mass is 646 g/mol. The smallest absolute Gasteiger partial charge is 0.453 e. The lowest BCUT2D eigenvalue weighted by molar-refractivity contribution is -0.287. The van der Waals surface area contributed by atoms with Crippen LogP contribution in [-0.4, -0.2) is 6.29 Å². The van der Waals surface area contributed by atoms with Crippen molar-refractivity contribution in [2.45, 2.75) is 38.4 Å². The Morgan fingerprint density at radius 1 is 0.789 bits per heavy atom. The normalized spacial score (nSPS) is 14.0. The maximum Gasteiger partial charge on any atom is 0.586 e. The van der Waals surface area contributed by atoms with Crippen molar-refractivity contribution in [2.24, 2.45) is 0 Å². The highest BCUT2D eigenvalue weighted by Gasteiger charge is 2.48. The van der Waals surface area contributed by atoms with Gasteiger partial charge in [-0.1, -0.05) is 75.2 Å². The fourth-order valence-corrected chi connectivity index (χ4v) is 9.21. The molecule has 4 nitrogen and oxygen atoms in total. The molecule has 1 aliphatic heterocycles. The summed E-state index contributed by atoms with van der Waals surface area (Å²) < 4.78 is 60.9. The van der Waals surface area contributed by atoms with E-state index in [9.17, 15) is 8.78 Å². The minimum Gasteiger partial charge on any atom is -0.453 e. The number of aryl methyl sites for hydroxylation is 4. The highest BCUT2D eigenvalue weighted by molar-refractivity contribution is 14.1. The first-order chi connectivity index (χ1) is 18.0. The molecule has 5 rings (SSSR count). The Bertz CT molecular complexity index is 1490. The molecule has 4 aromatic rings. The molecule has 196 valence electrons. The second-order valence-electron chi connectivity index (χ2n) is 9.55. The molecule has 0 bridgehead atoms. The summed E-state index contributed by atoms with van der Waals surface area (Å²) in [5.74, 6) is 0.0822. The van der Waals surface area contributed by atoms with E-state index in [0.717, 1.165) is 22.3 Å². The number of hydrogen-bond donors (Lipinski definition) is 0. The van der Waals surface area contributed by atoms with Crippen LogP contribution in [0.2, 0.25) is 0 Å². The number of fused-ring (bicyclic) bond motifs is 1. The lowest BCUT2D eigenvalue weighted by Crippen LogP contribution is -2.29. The molecule has 0 spiro atoms. The molecule has 8 heteroatoms. The van der Waals surface area contributed by atoms with Crippen molar-refractivity contribution < 1.29 is 27.6 Å². The van der Waals surface area contributed by atoms with Gasteiger partial charge in [0.15, 0.2) is 18.6 Å². The van der Waals surface area contributed by atoms with Gasteiger partial charge < -0.3 is 18.8 Å². The third kappa shape index (κ3) is 4.94. The van der Waals surface area contributed by atoms with Crippen molar-refractivity contribution in [3.05, 3.63) is 101 Å². The van der Waals surface area contributed by atoms with E-state index in [1.807, 2.05) is 70.2 Å². The van der Waals surface area contributed by atoms with Crippen molar-refractivity contribution in [1.82, 2.24) is 0 Å². The number of hydrogen-bond acceptors (Lipinski definition) is 4. The van der Waals surface area contributed by atoms with Gasteiger partial charge in [-0.25, -0.2) is 0 Å². The number of rotatable bonds is 6. The molecular formula is C30H26F2IO4P. The number of para-hydroxylation sites is 1. The highest BCUT2D eigenvalue weighted by Crippen LogP contribution is 2.55. The summed E-state index contributed by atoms with van der Waals surface area (Å²) in [6.45, 7) is 7.80. The molecule has 0 aromatic heterocycles. The predicted molar refractivity (Wildman–Crippen MR) is 155 cm³/mol. The van der Waals surface area contributed by atoms with Crippen LogP contribution in [0, 0.1) is 27.7 Å². The summed E-state index contributed by atoms with van der Waals surface area (Å²) >= 11 is 2.08. The van der Waals surface area contributed by atoms with Crippen LogP contribution in [0.1, 0.15) is 27.8 Å². The molecule has 0 amide bonds. The maximum absolute atomic E-state index is 15.6. The summed E-state index contributed by atoms with van der Waals surface area (Å²) in [7, 11) is -3.61. The third-order valence-corrected chi connectivity index (χ3v) is 10.1. The van der Waals surface area contributed by atoms with E-state index in [4.69, 9.17) is 14.2 Å². The summed E-state index contributed by atoms with van der Waals surface area (Å²) in [5.41, 5.74) is 4.20. The zero-order valence-electron chi connectivity index (χ0n) is 21.3. The number of ether oxygens (including phenoxy) is 3. The van der Waals surface area contributed by atoms with Gasteiger partial charge in [0.05, 0.1) is 0 Å². The van der Waals surface area contributed by atoms with Gasteiger partial charge in [0.2, 0.25) is 5.75 Å². The molecule has 0 N–H and O–H groups in total. The first-order valence-corrected chi connectivity index (χ1v) is 15.3. The molecule has 38 heavy (non-hydrogen) atoms. The largest absolute Gasteiger partial charge is 0.586 e. The van der Waals surface area contributed by atoms with Gasteiger partial charge in [0, 0.05) is 25.9 Å². The Hall–Kier alpha value is -2.90. The quantitative estimate of drug-likeness (QED) is 0.123. The van der Waals surface area contributed by atoms with Crippen molar-refractivity contribution in [3.8, 4) is 23.0 Å². The molecule has 1 heterocycles. The Kier molecular flexibility index (Phi) is 7.03. The van der Waals surface area contributed by atoms with Crippen molar-refractivity contribution in [3.63, 3.8) is 0 Å². The number of alkyl halides is 3. The molecule has 0 saturated carbocycles. The van der Waals surface area contributed by atoms with E-state index in [1.54, 1.807) is 30.3 Å². The van der Waals surface area contributed by atoms with Gasteiger partial charge in [0.1, 0.15) is 5.75 Å². The molecule has 0 radical (unpaired) electrons. The molecule has 1 aliphatic rings. The number of benzene rings is 4. The molecule has 0 aliphatic carbocycles. The van der Waals surface area contributed by atoms with Crippen LogP contribution < -0.4 is 30.1 Å². The Morgan fingerprint density at radius 3 is 1.79 bits per heavy atom. The minimum absolute atomic E-state index is 0.0148. The van der Waals surface area contributed by atoms with Gasteiger partial charge in [-0.15, -0.1) is 8.78 Å². The topological polar surface area (TPSA) is 44.8 Å². The summed E-state index contributed by atoms with van der Waals surface area (Å²) in [6, 6.07) is 22.0. The summed E-state index contributed by atoms with van der Waals surface area (Å²) in [5, 5.41) is 1.61. The highest BCUT2D eigenvalue weighted by atomic mass is 127. The van der Waals surface area contributed by atoms with Crippen LogP contribution in [0.15, 0.2) is 72.8 Å². The molecule has 0 atom stereocenters. The number of halogens is 3. The summed E-state index contributed by atoms with van der Waals surface area (Å²) in [4.78, 5) is 0. The van der Waals surface area contributed by atoms with Crippen LogP contribution in [0.4, 0.5) is 8.78 Å². The van der Waals surface area contributed by atoms with Crippen molar-refractivity contribution in [1.29, 1.82) is 0 Å². The lowest BCUT2D eigenvalue weighted by Gasteiger charge is -2.25. The average Bonchev–Trinajstić information content (AvgIpc) is 3.18. The predicted octanol–water partition coefficient (Wildman–Crippen LogP) is 7.61. The molecule has 0 saturated heterocycles. The standard InChI is InChI=1S/C30H26F2IO4P/c1-18-10-19(2)13-23(12-18)38(34,24-14-20(3)11-21(4)15-24)27-16-26(35-22-8-6-5-7-9-22)29-28(25(27)17-33)36-30(31,32)37-29/h5-16H,17H2,1-4H3. The van der Waals surface area contributed by atoms with E-state index in [-0.39, 0.29) is 21.7 Å². The summed E-state index contributed by atoms with van der Waals surface area (Å²) in [6.07, 6.45) is -3.87. The SMILES string of the molecule is Cc1cc(C)cc(P(=O)(c2cc(C)cc(C)c2)c2cc(Oc3ccccc3)c3c(c2CI)OC(F)(F)O3)c1. The van der Waals surface area contributed by atoms with Gasteiger partial charge in [0.25, 0.3) is 0 Å². The van der Waals surface area contributed by atoms with Gasteiger partial charge in [-0.05, 0) is 70.2 Å². The van der Waals surface area contributed by atoms with Crippen molar-refractivity contribution >= 4 is 45.6 Å². The van der Waals surface area contributed by atoms with Gasteiger partial charge >= 0.3 is 6.29 Å². The second-order valence-corrected chi connectivity index (χ2v) is 13.0. The van der Waals surface area contributed by atoms with Crippen LogP contribution >= 0.6 is 29.7 Å². The fourth-order valence-electron chi connectivity index (χ4n) is 4.90. The Labute approximate surface area is 234 Å². The van der Waals surface area contributed by atoms with E-state index in [0.29, 0.717) is 27.2 Å². The maximum atomic E-state index is 15.6. The van der Waals surface area contributed by atoms with E-state index in [1.165, 1.54) is 0 Å². The van der Waals surface area contributed by atoms with E-state index in [2.05, 4.69) is 22.6 Å². The van der Waals surface area contributed by atoms with Crippen LogP contribution in [0.25, 0.3) is 0 Å². The average molecular weight is 646 g/mol. The van der Waals surface area contributed by atoms with Gasteiger partial charge in [-0.3, -0.25) is 0 Å². The Balaban J connectivity index is 1.86. The Morgan fingerprint density at radius 2 is 1.29 bits per heavy atom. The molecule has 4 aromatic carbocycles. The van der Waals surface area contributed by atoms with E-state index < -0.39 is 13.4 Å². The first kappa shape index (κ1) is 26.7. The van der Waals surface area contributed by atoms with Crippen LogP contribution in [0.3, 0.4) is 0 Å².